The summed E-state index contributed by atoms with van der Waals surface area (Å²) in [4.78, 5) is 35.2. The summed E-state index contributed by atoms with van der Waals surface area (Å²) >= 11 is 1.75. The highest BCUT2D eigenvalue weighted by atomic mass is 32.1. The summed E-state index contributed by atoms with van der Waals surface area (Å²) in [5.74, 6) is 1.12. The molecule has 1 aliphatic rings. The third-order valence-electron chi connectivity index (χ3n) is 5.63. The van der Waals surface area contributed by atoms with E-state index in [9.17, 15) is 4.79 Å². The quantitative estimate of drug-likeness (QED) is 0.423. The molecule has 3 aromatic heterocycles. The second-order valence-electron chi connectivity index (χ2n) is 7.82. The van der Waals surface area contributed by atoms with Crippen molar-refractivity contribution in [1.82, 2.24) is 30.0 Å². The Labute approximate surface area is 197 Å². The molecule has 10 heteroatoms. The maximum atomic E-state index is 12.7. The highest BCUT2D eigenvalue weighted by molar-refractivity contribution is 7.18. The fourth-order valence-corrected chi connectivity index (χ4v) is 5.02. The third kappa shape index (κ3) is 5.05. The summed E-state index contributed by atoms with van der Waals surface area (Å²) in [6.45, 7) is 12.9. The second kappa shape index (κ2) is 10.6. The second-order valence-corrected chi connectivity index (χ2v) is 8.94. The van der Waals surface area contributed by atoms with Crippen LogP contribution in [0.2, 0.25) is 0 Å². The highest BCUT2D eigenvalue weighted by Crippen LogP contribution is 2.31. The predicted octanol–water partition coefficient (Wildman–Crippen LogP) is 3.08. The van der Waals surface area contributed by atoms with E-state index in [4.69, 9.17) is 4.84 Å². The van der Waals surface area contributed by atoms with Gasteiger partial charge in [-0.15, -0.1) is 16.4 Å². The SMILES string of the molecule is C=Cc1nnn(OCCCC(=O)N2CCN(c3ncnc4sc(CCC)cc34)CC2)c1C=C. The van der Waals surface area contributed by atoms with Gasteiger partial charge in [0.1, 0.15) is 35.0 Å². The van der Waals surface area contributed by atoms with Gasteiger partial charge in [0.15, 0.2) is 0 Å². The average molecular weight is 468 g/mol. The molecule has 4 rings (SSSR count). The number of aryl methyl sites for hydroxylation is 1. The smallest absolute Gasteiger partial charge is 0.222 e. The molecule has 1 fully saturated rings. The lowest BCUT2D eigenvalue weighted by atomic mass is 10.2. The summed E-state index contributed by atoms with van der Waals surface area (Å²) in [6.07, 6.45) is 8.07. The number of aromatic nitrogens is 5. The van der Waals surface area contributed by atoms with E-state index in [1.54, 1.807) is 29.8 Å². The van der Waals surface area contributed by atoms with E-state index >= 15 is 0 Å². The summed E-state index contributed by atoms with van der Waals surface area (Å²) in [7, 11) is 0. The number of carbonyl (C=O) groups is 1. The molecule has 0 atom stereocenters. The van der Waals surface area contributed by atoms with Crippen LogP contribution in [0.1, 0.15) is 42.5 Å². The Kier molecular flexibility index (Phi) is 7.33. The number of fused-ring (bicyclic) bond motifs is 1. The van der Waals surface area contributed by atoms with Gasteiger partial charge in [-0.1, -0.05) is 31.3 Å². The lowest BCUT2D eigenvalue weighted by molar-refractivity contribution is -0.131. The van der Waals surface area contributed by atoms with Gasteiger partial charge in [-0.25, -0.2) is 9.97 Å². The maximum absolute atomic E-state index is 12.7. The number of carbonyl (C=O) groups excluding carboxylic acids is 1. The Morgan fingerprint density at radius 3 is 2.76 bits per heavy atom. The number of rotatable bonds is 10. The van der Waals surface area contributed by atoms with Crippen molar-refractivity contribution in [3.8, 4) is 0 Å². The zero-order chi connectivity index (χ0) is 23.2. The maximum Gasteiger partial charge on any atom is 0.222 e. The van der Waals surface area contributed by atoms with Gasteiger partial charge < -0.3 is 14.6 Å². The number of hydrogen-bond donors (Lipinski definition) is 0. The zero-order valence-corrected chi connectivity index (χ0v) is 19.8. The van der Waals surface area contributed by atoms with Crippen molar-refractivity contribution in [3.63, 3.8) is 0 Å². The molecule has 1 aliphatic heterocycles. The van der Waals surface area contributed by atoms with Crippen LogP contribution in [-0.2, 0) is 11.2 Å². The van der Waals surface area contributed by atoms with Crippen LogP contribution in [0, 0.1) is 0 Å². The monoisotopic (exact) mass is 467 g/mol. The first-order valence-corrected chi connectivity index (χ1v) is 12.1. The highest BCUT2D eigenvalue weighted by Gasteiger charge is 2.23. The molecule has 0 N–H and O–H groups in total. The van der Waals surface area contributed by atoms with Crippen molar-refractivity contribution in [3.05, 3.63) is 41.8 Å². The third-order valence-corrected chi connectivity index (χ3v) is 6.73. The van der Waals surface area contributed by atoms with Crippen molar-refractivity contribution in [2.75, 3.05) is 37.7 Å². The minimum atomic E-state index is 0.140. The van der Waals surface area contributed by atoms with Crippen LogP contribution in [0.5, 0.6) is 0 Å². The molecule has 0 bridgehead atoms. The number of nitrogens with zero attached hydrogens (tertiary/aromatic N) is 7. The van der Waals surface area contributed by atoms with Gasteiger partial charge in [0, 0.05) is 37.5 Å². The summed E-state index contributed by atoms with van der Waals surface area (Å²) in [6, 6.07) is 2.22. The Morgan fingerprint density at radius 1 is 1.21 bits per heavy atom. The van der Waals surface area contributed by atoms with E-state index in [2.05, 4.69) is 51.3 Å². The molecule has 0 unspecified atom stereocenters. The Bertz CT molecular complexity index is 1130. The molecule has 4 heterocycles. The molecule has 0 spiro atoms. The van der Waals surface area contributed by atoms with E-state index in [1.807, 2.05) is 4.90 Å². The first kappa shape index (κ1) is 22.9. The molecule has 0 radical (unpaired) electrons. The molecular formula is C23H29N7O2S. The molecule has 33 heavy (non-hydrogen) atoms. The van der Waals surface area contributed by atoms with Crippen LogP contribution in [0.4, 0.5) is 5.82 Å². The fourth-order valence-electron chi connectivity index (χ4n) is 3.92. The lowest BCUT2D eigenvalue weighted by Gasteiger charge is -2.35. The molecule has 3 aromatic rings. The van der Waals surface area contributed by atoms with Gasteiger partial charge in [-0.05, 0) is 36.3 Å². The molecular weight excluding hydrogens is 438 g/mol. The molecule has 1 saturated heterocycles. The Balaban J connectivity index is 1.26. The Morgan fingerprint density at radius 2 is 2.03 bits per heavy atom. The van der Waals surface area contributed by atoms with Crippen LogP contribution in [0.25, 0.3) is 22.4 Å². The van der Waals surface area contributed by atoms with Crippen LogP contribution in [-0.4, -0.2) is 68.7 Å². The van der Waals surface area contributed by atoms with Gasteiger partial charge in [-0.2, -0.15) is 0 Å². The van der Waals surface area contributed by atoms with Crippen molar-refractivity contribution in [1.29, 1.82) is 0 Å². The topological polar surface area (TPSA) is 89.3 Å². The van der Waals surface area contributed by atoms with E-state index < -0.39 is 0 Å². The van der Waals surface area contributed by atoms with Crippen LogP contribution >= 0.6 is 11.3 Å². The van der Waals surface area contributed by atoms with Crippen LogP contribution in [0.15, 0.2) is 25.6 Å². The largest absolute Gasteiger partial charge is 0.395 e. The minimum Gasteiger partial charge on any atom is -0.395 e. The predicted molar refractivity (Wildman–Crippen MR) is 131 cm³/mol. The molecule has 1 amide bonds. The summed E-state index contributed by atoms with van der Waals surface area (Å²) in [5, 5.41) is 9.01. The molecule has 9 nitrogen and oxygen atoms in total. The van der Waals surface area contributed by atoms with E-state index in [0.717, 1.165) is 42.0 Å². The molecule has 0 saturated carbocycles. The zero-order valence-electron chi connectivity index (χ0n) is 18.9. The first-order valence-electron chi connectivity index (χ1n) is 11.2. The number of piperazine rings is 1. The van der Waals surface area contributed by atoms with Gasteiger partial charge >= 0.3 is 0 Å². The van der Waals surface area contributed by atoms with E-state index in [0.29, 0.717) is 43.9 Å². The van der Waals surface area contributed by atoms with Crippen molar-refractivity contribution < 1.29 is 9.63 Å². The van der Waals surface area contributed by atoms with Crippen molar-refractivity contribution in [2.45, 2.75) is 32.6 Å². The lowest BCUT2D eigenvalue weighted by Crippen LogP contribution is -2.49. The van der Waals surface area contributed by atoms with E-state index in [-0.39, 0.29) is 5.91 Å². The number of hydrogen-bond acceptors (Lipinski definition) is 8. The molecule has 174 valence electrons. The van der Waals surface area contributed by atoms with Crippen molar-refractivity contribution in [2.24, 2.45) is 0 Å². The van der Waals surface area contributed by atoms with Crippen molar-refractivity contribution >= 4 is 45.4 Å². The standard InChI is InChI=1S/C23H29N7O2S/c1-4-8-17-15-18-22(24-16-25-23(18)33-17)29-12-10-28(11-13-29)21(31)9-7-14-32-30-20(6-3)19(5-2)26-27-30/h5-6,15-16H,2-4,7-14H2,1H3. The Hall–Kier alpha value is -3.27. The molecule has 0 aliphatic carbocycles. The number of thiophene rings is 1. The number of anilines is 1. The van der Waals surface area contributed by atoms with Gasteiger partial charge in [-0.3, -0.25) is 4.79 Å². The fraction of sp³-hybridized carbons (Fsp3) is 0.435. The molecule has 0 aromatic carbocycles. The normalized spacial score (nSPS) is 14.0. The average Bonchev–Trinajstić information content (AvgIpc) is 3.44. The number of amides is 1. The summed E-state index contributed by atoms with van der Waals surface area (Å²) < 4.78 is 0. The van der Waals surface area contributed by atoms with Crippen LogP contribution in [0.3, 0.4) is 0 Å². The van der Waals surface area contributed by atoms with Gasteiger partial charge in [0.2, 0.25) is 5.91 Å². The van der Waals surface area contributed by atoms with E-state index in [1.165, 1.54) is 9.72 Å². The van der Waals surface area contributed by atoms with Gasteiger partial charge in [0.05, 0.1) is 5.39 Å². The minimum absolute atomic E-state index is 0.140. The van der Waals surface area contributed by atoms with Gasteiger partial charge in [0.25, 0.3) is 0 Å². The first-order chi connectivity index (χ1) is 16.1. The van der Waals surface area contributed by atoms with Crippen LogP contribution < -0.4 is 9.74 Å². The summed E-state index contributed by atoms with van der Waals surface area (Å²) in [5.41, 5.74) is 1.27.